The Kier molecular flexibility index (Phi) is 4.18. The number of benzene rings is 1. The molecule has 72 valence electrons. The van der Waals surface area contributed by atoms with Gasteiger partial charge in [-0.25, -0.2) is 0 Å². The highest BCUT2D eigenvalue weighted by atomic mass is 35.5. The van der Waals surface area contributed by atoms with Crippen molar-refractivity contribution in [2.75, 3.05) is 6.61 Å². The van der Waals surface area contributed by atoms with Crippen molar-refractivity contribution < 1.29 is 5.11 Å². The normalized spacial score (nSPS) is 10.4. The number of rotatable bonds is 3. The predicted molar refractivity (Wildman–Crippen MR) is 56.9 cm³/mol. The molecule has 1 rings (SSSR count). The number of nitrogens with zero attached hydrogens (tertiary/aromatic N) is 1. The van der Waals surface area contributed by atoms with Crippen molar-refractivity contribution >= 4 is 17.7 Å². The van der Waals surface area contributed by atoms with Crippen molar-refractivity contribution in [3.63, 3.8) is 0 Å². The van der Waals surface area contributed by atoms with E-state index in [4.69, 9.17) is 22.0 Å². The van der Waals surface area contributed by atoms with Gasteiger partial charge in [0.15, 0.2) is 0 Å². The van der Waals surface area contributed by atoms with E-state index in [9.17, 15) is 0 Å². The fourth-order valence-electron chi connectivity index (χ4n) is 1.06. The van der Waals surface area contributed by atoms with E-state index < -0.39 is 0 Å². The van der Waals surface area contributed by atoms with Gasteiger partial charge in [0, 0.05) is 11.6 Å². The van der Waals surface area contributed by atoms with Gasteiger partial charge >= 0.3 is 0 Å². The molecule has 0 amide bonds. The quantitative estimate of drug-likeness (QED) is 0.828. The summed E-state index contributed by atoms with van der Waals surface area (Å²) in [6.07, 6.45) is 4.22. The summed E-state index contributed by atoms with van der Waals surface area (Å²) in [6, 6.07) is 7.21. The third-order valence-electron chi connectivity index (χ3n) is 1.73. The fraction of sp³-hybridized carbons (Fsp3) is 0.182. The monoisotopic (exact) mass is 207 g/mol. The highest BCUT2D eigenvalue weighted by molar-refractivity contribution is 6.30. The van der Waals surface area contributed by atoms with Crippen LogP contribution in [-0.2, 0) is 0 Å². The molecule has 0 aliphatic heterocycles. The maximum Gasteiger partial charge on any atom is 0.0998 e. The van der Waals surface area contributed by atoms with Crippen molar-refractivity contribution in [3.05, 3.63) is 40.4 Å². The first-order valence-electron chi connectivity index (χ1n) is 4.25. The van der Waals surface area contributed by atoms with Crippen molar-refractivity contribution in [2.45, 2.75) is 6.42 Å². The van der Waals surface area contributed by atoms with Crippen molar-refractivity contribution in [2.24, 2.45) is 0 Å². The summed E-state index contributed by atoms with van der Waals surface area (Å²) in [7, 11) is 0. The zero-order valence-corrected chi connectivity index (χ0v) is 8.33. The molecular formula is C11H10ClNO. The lowest BCUT2D eigenvalue weighted by molar-refractivity contribution is 0.303. The van der Waals surface area contributed by atoms with Crippen LogP contribution >= 0.6 is 11.6 Å². The van der Waals surface area contributed by atoms with Crippen LogP contribution in [0.4, 0.5) is 0 Å². The van der Waals surface area contributed by atoms with E-state index in [1.165, 1.54) is 0 Å². The van der Waals surface area contributed by atoms with Gasteiger partial charge in [-0.05, 0) is 24.1 Å². The lowest BCUT2D eigenvalue weighted by Crippen LogP contribution is -1.82. The van der Waals surface area contributed by atoms with Crippen LogP contribution in [0.5, 0.6) is 0 Å². The minimum absolute atomic E-state index is 0.117. The minimum Gasteiger partial charge on any atom is -0.396 e. The molecular weight excluding hydrogens is 198 g/mol. The maximum atomic E-state index is 8.81. The van der Waals surface area contributed by atoms with Crippen LogP contribution in [0.3, 0.4) is 0 Å². The molecule has 0 aromatic heterocycles. The van der Waals surface area contributed by atoms with Crippen LogP contribution < -0.4 is 0 Å². The minimum atomic E-state index is 0.117. The second kappa shape index (κ2) is 5.43. The third-order valence-corrected chi connectivity index (χ3v) is 1.96. The molecule has 1 aromatic carbocycles. The van der Waals surface area contributed by atoms with Crippen LogP contribution in [0.25, 0.3) is 6.08 Å². The van der Waals surface area contributed by atoms with E-state index in [2.05, 4.69) is 6.07 Å². The molecule has 0 radical (unpaired) electrons. The van der Waals surface area contributed by atoms with Crippen LogP contribution in [0.1, 0.15) is 17.5 Å². The molecule has 0 spiro atoms. The van der Waals surface area contributed by atoms with Crippen LogP contribution in [0.15, 0.2) is 24.3 Å². The molecule has 0 unspecified atom stereocenters. The number of halogens is 1. The molecule has 1 aromatic rings. The molecule has 0 saturated carbocycles. The molecule has 1 N–H and O–H groups in total. The first kappa shape index (κ1) is 10.8. The number of hydrogen-bond donors (Lipinski definition) is 1. The second-order valence-corrected chi connectivity index (χ2v) is 3.19. The Morgan fingerprint density at radius 3 is 2.93 bits per heavy atom. The fourth-order valence-corrected chi connectivity index (χ4v) is 1.23. The van der Waals surface area contributed by atoms with E-state index >= 15 is 0 Å². The Hall–Kier alpha value is -1.30. The predicted octanol–water partition coefficient (Wildman–Crippen LogP) is 2.61. The van der Waals surface area contributed by atoms with Crippen LogP contribution in [0, 0.1) is 11.3 Å². The van der Waals surface area contributed by atoms with Gasteiger partial charge in [-0.3, -0.25) is 0 Å². The Labute approximate surface area is 88.1 Å². The summed E-state index contributed by atoms with van der Waals surface area (Å²) < 4.78 is 0. The number of aliphatic hydroxyl groups excluding tert-OH is 1. The lowest BCUT2D eigenvalue weighted by atomic mass is 10.1. The molecule has 0 heterocycles. The molecule has 3 heteroatoms. The Morgan fingerprint density at radius 2 is 2.29 bits per heavy atom. The van der Waals surface area contributed by atoms with Crippen molar-refractivity contribution in [1.29, 1.82) is 5.26 Å². The van der Waals surface area contributed by atoms with E-state index in [0.29, 0.717) is 17.0 Å². The summed E-state index contributed by atoms with van der Waals surface area (Å²) >= 11 is 5.74. The molecule has 0 aliphatic rings. The van der Waals surface area contributed by atoms with E-state index in [1.54, 1.807) is 18.2 Å². The molecule has 2 nitrogen and oxygen atoms in total. The summed E-state index contributed by atoms with van der Waals surface area (Å²) in [6.45, 7) is 0.117. The number of nitriles is 1. The molecule has 0 aliphatic carbocycles. The molecule has 0 fully saturated rings. The van der Waals surface area contributed by atoms with Crippen LogP contribution in [-0.4, -0.2) is 11.7 Å². The average molecular weight is 208 g/mol. The number of aliphatic hydroxyl groups is 1. The van der Waals surface area contributed by atoms with Crippen LogP contribution in [0.2, 0.25) is 5.02 Å². The first-order chi connectivity index (χ1) is 6.77. The molecule has 0 bridgehead atoms. The molecule has 0 atom stereocenters. The molecule has 0 saturated heterocycles. The van der Waals surface area contributed by atoms with Crippen molar-refractivity contribution in [3.8, 4) is 6.07 Å². The lowest BCUT2D eigenvalue weighted by Gasteiger charge is -1.97. The summed E-state index contributed by atoms with van der Waals surface area (Å²) in [4.78, 5) is 0. The van der Waals surface area contributed by atoms with E-state index in [0.717, 1.165) is 5.56 Å². The van der Waals surface area contributed by atoms with E-state index in [1.807, 2.05) is 12.2 Å². The average Bonchev–Trinajstić information content (AvgIpc) is 2.20. The maximum absolute atomic E-state index is 8.81. The Morgan fingerprint density at radius 1 is 1.50 bits per heavy atom. The summed E-state index contributed by atoms with van der Waals surface area (Å²) in [5, 5.41) is 17.9. The molecule has 14 heavy (non-hydrogen) atoms. The summed E-state index contributed by atoms with van der Waals surface area (Å²) in [5.74, 6) is 0. The standard InChI is InChI=1S/C11H10ClNO/c12-11-5-4-9(3-1-2-6-14)10(7-11)8-13/h1,3-5,7,14H,2,6H2. The zero-order chi connectivity index (χ0) is 10.4. The first-order valence-corrected chi connectivity index (χ1v) is 4.63. The van der Waals surface area contributed by atoms with Gasteiger partial charge in [0.2, 0.25) is 0 Å². The van der Waals surface area contributed by atoms with Gasteiger partial charge in [0.1, 0.15) is 0 Å². The van der Waals surface area contributed by atoms with Gasteiger partial charge in [-0.2, -0.15) is 5.26 Å². The van der Waals surface area contributed by atoms with Gasteiger partial charge in [0.05, 0.1) is 11.6 Å². The smallest absolute Gasteiger partial charge is 0.0998 e. The highest BCUT2D eigenvalue weighted by Gasteiger charge is 1.98. The Balaban J connectivity index is 2.92. The van der Waals surface area contributed by atoms with Gasteiger partial charge in [0.25, 0.3) is 0 Å². The van der Waals surface area contributed by atoms with Gasteiger partial charge in [-0.15, -0.1) is 0 Å². The SMILES string of the molecule is N#Cc1cc(Cl)ccc1C=CCCO. The largest absolute Gasteiger partial charge is 0.396 e. The topological polar surface area (TPSA) is 44.0 Å². The third kappa shape index (κ3) is 2.88. The Bertz CT molecular complexity index is 379. The van der Waals surface area contributed by atoms with Gasteiger partial charge < -0.3 is 5.11 Å². The number of hydrogen-bond acceptors (Lipinski definition) is 2. The van der Waals surface area contributed by atoms with E-state index in [-0.39, 0.29) is 6.61 Å². The second-order valence-electron chi connectivity index (χ2n) is 2.76. The van der Waals surface area contributed by atoms with Crippen molar-refractivity contribution in [1.82, 2.24) is 0 Å². The zero-order valence-electron chi connectivity index (χ0n) is 7.57. The summed E-state index contributed by atoms with van der Waals surface area (Å²) in [5.41, 5.74) is 1.37. The highest BCUT2D eigenvalue weighted by Crippen LogP contribution is 2.16. The van der Waals surface area contributed by atoms with Gasteiger partial charge in [-0.1, -0.05) is 29.8 Å².